The third-order valence-corrected chi connectivity index (χ3v) is 6.23. The van der Waals surface area contributed by atoms with Crippen LogP contribution in [0.1, 0.15) is 25.5 Å². The average Bonchev–Trinajstić information content (AvgIpc) is 3.20. The Hall–Kier alpha value is -1.21. The molecule has 1 saturated carbocycles. The van der Waals surface area contributed by atoms with Crippen molar-refractivity contribution in [3.05, 3.63) is 18.1 Å². The highest BCUT2D eigenvalue weighted by Crippen LogP contribution is 2.51. The van der Waals surface area contributed by atoms with Gasteiger partial charge in [-0.3, -0.25) is 0 Å². The van der Waals surface area contributed by atoms with Crippen molar-refractivity contribution in [3.8, 4) is 0 Å². The Bertz CT molecular complexity index is 613. The predicted molar refractivity (Wildman–Crippen MR) is 75.4 cm³/mol. The van der Waals surface area contributed by atoms with Crippen molar-refractivity contribution in [1.82, 2.24) is 9.97 Å². The maximum atomic E-state index is 12.0. The topological polar surface area (TPSA) is 72.4 Å². The number of anilines is 1. The van der Waals surface area contributed by atoms with E-state index in [1.54, 1.807) is 0 Å². The van der Waals surface area contributed by atoms with Crippen molar-refractivity contribution < 1.29 is 13.2 Å². The largest absolute Gasteiger partial charge is 0.377 e. The molecule has 2 fully saturated rings. The van der Waals surface area contributed by atoms with Gasteiger partial charge in [0.2, 0.25) is 0 Å². The minimum atomic E-state index is -3.14. The van der Waals surface area contributed by atoms with Gasteiger partial charge in [0.05, 0.1) is 24.9 Å². The molecule has 20 heavy (non-hydrogen) atoms. The van der Waals surface area contributed by atoms with Crippen LogP contribution >= 0.6 is 0 Å². The van der Waals surface area contributed by atoms with Gasteiger partial charge in [0.1, 0.15) is 16.9 Å². The molecule has 3 rings (SSSR count). The summed E-state index contributed by atoms with van der Waals surface area (Å²) in [6, 6.07) is 2.07. The summed E-state index contributed by atoms with van der Waals surface area (Å²) in [5, 5.41) is 0. The number of hydrogen-bond acceptors (Lipinski definition) is 6. The normalized spacial score (nSPS) is 25.5. The quantitative estimate of drug-likeness (QED) is 0.819. The molecule has 7 heteroatoms. The number of morpholine rings is 1. The van der Waals surface area contributed by atoms with Gasteiger partial charge in [-0.1, -0.05) is 0 Å². The molecule has 0 aromatic carbocycles. The summed E-state index contributed by atoms with van der Waals surface area (Å²) in [6.07, 6.45) is 4.07. The molecule has 1 saturated heterocycles. The van der Waals surface area contributed by atoms with E-state index in [-0.39, 0.29) is 6.04 Å². The average molecular weight is 297 g/mol. The molecule has 1 aliphatic heterocycles. The minimum absolute atomic E-state index is 0.236. The summed E-state index contributed by atoms with van der Waals surface area (Å²) < 4.78 is 28.6. The molecule has 1 aromatic heterocycles. The van der Waals surface area contributed by atoms with Crippen LogP contribution < -0.4 is 4.90 Å². The Kier molecular flexibility index (Phi) is 3.21. The first kappa shape index (κ1) is 13.8. The van der Waals surface area contributed by atoms with E-state index in [4.69, 9.17) is 4.74 Å². The van der Waals surface area contributed by atoms with Crippen molar-refractivity contribution in [2.24, 2.45) is 0 Å². The molecule has 2 heterocycles. The van der Waals surface area contributed by atoms with Crippen LogP contribution in [-0.2, 0) is 19.3 Å². The van der Waals surface area contributed by atoms with Crippen LogP contribution in [-0.4, -0.2) is 50.4 Å². The number of sulfone groups is 1. The fourth-order valence-corrected chi connectivity index (χ4v) is 4.09. The maximum absolute atomic E-state index is 12.0. The maximum Gasteiger partial charge on any atom is 0.158 e. The summed E-state index contributed by atoms with van der Waals surface area (Å²) >= 11 is 0. The van der Waals surface area contributed by atoms with E-state index in [2.05, 4.69) is 21.8 Å². The highest BCUT2D eigenvalue weighted by Gasteiger charge is 2.55. The molecular weight excluding hydrogens is 278 g/mol. The first-order valence-corrected chi connectivity index (χ1v) is 8.70. The van der Waals surface area contributed by atoms with Gasteiger partial charge in [0.25, 0.3) is 0 Å². The second-order valence-corrected chi connectivity index (χ2v) is 7.97. The van der Waals surface area contributed by atoms with E-state index in [1.807, 2.05) is 6.07 Å². The molecule has 1 atom stereocenters. The van der Waals surface area contributed by atoms with Gasteiger partial charge in [-0.2, -0.15) is 0 Å². The summed E-state index contributed by atoms with van der Waals surface area (Å²) in [7, 11) is -3.14. The van der Waals surface area contributed by atoms with Crippen LogP contribution in [0, 0.1) is 0 Å². The summed E-state index contributed by atoms with van der Waals surface area (Å²) in [5.41, 5.74) is 0.628. The van der Waals surface area contributed by atoms with Crippen molar-refractivity contribution in [2.75, 3.05) is 30.9 Å². The second-order valence-electron chi connectivity index (χ2n) is 5.65. The molecule has 0 spiro atoms. The number of nitrogens with zero attached hydrogens (tertiary/aromatic N) is 3. The summed E-state index contributed by atoms with van der Waals surface area (Å²) in [5.74, 6) is 0.792. The van der Waals surface area contributed by atoms with Crippen LogP contribution in [0.4, 0.5) is 5.82 Å². The Labute approximate surface area is 119 Å². The zero-order valence-electron chi connectivity index (χ0n) is 11.7. The number of ether oxygens (including phenoxy) is 1. The lowest BCUT2D eigenvalue weighted by Gasteiger charge is -2.34. The smallest absolute Gasteiger partial charge is 0.158 e. The zero-order chi connectivity index (χ0) is 14.4. The lowest BCUT2D eigenvalue weighted by Crippen LogP contribution is -2.44. The first-order valence-electron chi connectivity index (χ1n) is 6.80. The third kappa shape index (κ3) is 2.18. The Morgan fingerprint density at radius 2 is 2.15 bits per heavy atom. The van der Waals surface area contributed by atoms with Gasteiger partial charge in [0.15, 0.2) is 9.84 Å². The molecule has 1 aromatic rings. The van der Waals surface area contributed by atoms with Crippen molar-refractivity contribution in [3.63, 3.8) is 0 Å². The van der Waals surface area contributed by atoms with Gasteiger partial charge in [-0.25, -0.2) is 18.4 Å². The molecule has 110 valence electrons. The highest BCUT2D eigenvalue weighted by molar-refractivity contribution is 7.91. The fraction of sp³-hybridized carbons (Fsp3) is 0.692. The van der Waals surface area contributed by atoms with Crippen LogP contribution in [0.3, 0.4) is 0 Å². The summed E-state index contributed by atoms with van der Waals surface area (Å²) in [6.45, 7) is 4.17. The number of aromatic nitrogens is 2. The fourth-order valence-electron chi connectivity index (χ4n) is 2.75. The molecule has 6 nitrogen and oxygen atoms in total. The first-order chi connectivity index (χ1) is 9.44. The molecule has 1 aliphatic carbocycles. The Balaban J connectivity index is 1.95. The van der Waals surface area contributed by atoms with Gasteiger partial charge in [-0.15, -0.1) is 0 Å². The standard InChI is InChI=1S/C13H19N3O3S/c1-10-8-19-6-5-16(10)12-7-11(14-9-15-12)13(3-4-13)20(2,17)18/h7,9-10H,3-6,8H2,1-2H3/t10-/m1/s1. The van der Waals surface area contributed by atoms with Gasteiger partial charge >= 0.3 is 0 Å². The Morgan fingerprint density at radius 3 is 2.75 bits per heavy atom. The minimum Gasteiger partial charge on any atom is -0.377 e. The SMILES string of the molecule is C[C@@H]1COCCN1c1cc(C2(S(C)(=O)=O)CC2)ncn1. The van der Waals surface area contributed by atoms with Crippen LogP contribution in [0.15, 0.2) is 12.4 Å². The van der Waals surface area contributed by atoms with E-state index in [0.717, 1.165) is 12.4 Å². The molecule has 2 aliphatic rings. The van der Waals surface area contributed by atoms with Gasteiger partial charge in [0, 0.05) is 18.9 Å². The lowest BCUT2D eigenvalue weighted by molar-refractivity contribution is 0.0985. The van der Waals surface area contributed by atoms with E-state index >= 15 is 0 Å². The summed E-state index contributed by atoms with van der Waals surface area (Å²) in [4.78, 5) is 10.7. The van der Waals surface area contributed by atoms with Crippen LogP contribution in [0.2, 0.25) is 0 Å². The van der Waals surface area contributed by atoms with Crippen LogP contribution in [0.25, 0.3) is 0 Å². The molecule has 0 unspecified atom stereocenters. The number of rotatable bonds is 3. The zero-order valence-corrected chi connectivity index (χ0v) is 12.6. The molecular formula is C13H19N3O3S. The molecule has 0 N–H and O–H groups in total. The second kappa shape index (κ2) is 4.66. The van der Waals surface area contributed by atoms with Gasteiger partial charge in [-0.05, 0) is 19.8 Å². The van der Waals surface area contributed by atoms with Gasteiger partial charge < -0.3 is 9.64 Å². The highest BCUT2D eigenvalue weighted by atomic mass is 32.2. The molecule has 0 radical (unpaired) electrons. The van der Waals surface area contributed by atoms with Crippen molar-refractivity contribution >= 4 is 15.7 Å². The van der Waals surface area contributed by atoms with Crippen molar-refractivity contribution in [2.45, 2.75) is 30.6 Å². The monoisotopic (exact) mass is 297 g/mol. The molecule has 0 bridgehead atoms. The molecule has 0 amide bonds. The van der Waals surface area contributed by atoms with E-state index in [0.29, 0.717) is 31.7 Å². The van der Waals surface area contributed by atoms with Crippen LogP contribution in [0.5, 0.6) is 0 Å². The van der Waals surface area contributed by atoms with E-state index in [9.17, 15) is 8.42 Å². The van der Waals surface area contributed by atoms with E-state index < -0.39 is 14.6 Å². The predicted octanol–water partition coefficient (Wildman–Crippen LogP) is 0.735. The van der Waals surface area contributed by atoms with E-state index in [1.165, 1.54) is 12.6 Å². The number of hydrogen-bond donors (Lipinski definition) is 0. The van der Waals surface area contributed by atoms with Crippen molar-refractivity contribution in [1.29, 1.82) is 0 Å². The third-order valence-electron chi connectivity index (χ3n) is 4.20. The Morgan fingerprint density at radius 1 is 1.40 bits per heavy atom. The lowest BCUT2D eigenvalue weighted by atomic mass is 10.2.